The zero-order valence-electron chi connectivity index (χ0n) is 29.8. The van der Waals surface area contributed by atoms with Crippen molar-refractivity contribution in [3.8, 4) is 0 Å². The highest BCUT2D eigenvalue weighted by atomic mass is 16.5. The van der Waals surface area contributed by atoms with Crippen LogP contribution in [0.15, 0.2) is 73.1 Å². The van der Waals surface area contributed by atoms with Crippen molar-refractivity contribution in [1.29, 1.82) is 0 Å². The molecule has 2 atom stereocenters. The Morgan fingerprint density at radius 1 is 0.660 bits per heavy atom. The summed E-state index contributed by atoms with van der Waals surface area (Å²) in [6.07, 6.45) is 4.63. The highest BCUT2D eigenvalue weighted by Gasteiger charge is 2.39. The number of rotatable bonds is 10. The van der Waals surface area contributed by atoms with E-state index in [1.807, 2.05) is 73.1 Å². The molecule has 10 nitrogen and oxygen atoms in total. The zero-order valence-corrected chi connectivity index (χ0v) is 29.8. The molecule has 0 saturated carbocycles. The molecular weight excluding hydrogens is 632 g/mol. The van der Waals surface area contributed by atoms with Crippen molar-refractivity contribution in [2.24, 2.45) is 11.8 Å². The normalized spacial score (nSPS) is 16.9. The molecule has 0 aliphatic carbocycles. The van der Waals surface area contributed by atoms with Crippen molar-refractivity contribution in [3.63, 3.8) is 0 Å². The third-order valence-electron chi connectivity index (χ3n) is 9.43. The Kier molecular flexibility index (Phi) is 11.6. The van der Waals surface area contributed by atoms with E-state index in [1.54, 1.807) is 23.6 Å². The molecule has 2 aliphatic rings. The molecule has 2 aliphatic heterocycles. The van der Waals surface area contributed by atoms with Crippen molar-refractivity contribution in [1.82, 2.24) is 9.97 Å². The van der Waals surface area contributed by atoms with Gasteiger partial charge in [0.25, 0.3) is 0 Å². The van der Waals surface area contributed by atoms with Gasteiger partial charge in [0.15, 0.2) is 0 Å². The maximum atomic E-state index is 12.9. The van der Waals surface area contributed by atoms with Gasteiger partial charge in [-0.1, -0.05) is 88.4 Å². The fraction of sp³-hybridized carbons (Fsp3) is 0.400. The molecule has 50 heavy (non-hydrogen) atoms. The molecule has 0 spiro atoms. The monoisotopic (exact) mass is 680 g/mol. The number of aromatic nitrogens is 2. The van der Waals surface area contributed by atoms with Crippen LogP contribution in [0.1, 0.15) is 109 Å². The largest absolute Gasteiger partial charge is 0.461 e. The van der Waals surface area contributed by atoms with Crippen LogP contribution in [-0.4, -0.2) is 46.9 Å². The van der Waals surface area contributed by atoms with Crippen molar-refractivity contribution >= 4 is 35.1 Å². The van der Waals surface area contributed by atoms with Crippen LogP contribution in [0.4, 0.5) is 11.4 Å². The van der Waals surface area contributed by atoms with E-state index in [4.69, 9.17) is 9.47 Å². The molecule has 2 aromatic carbocycles. The molecule has 6 rings (SSSR count). The SMILES string of the molecule is CCOC(=O)c1[nH]cc2c1N(Cc1ccccc1)C(=O)C[C@@H]2C(C)C.CCOC(=O)c1[nH]cc2c1N(Cc1ccccc1)C(=O)C[C@H]2C(C)C. The average molecular weight is 681 g/mol. The van der Waals surface area contributed by atoms with Crippen molar-refractivity contribution in [2.75, 3.05) is 23.0 Å². The Labute approximate surface area is 294 Å². The van der Waals surface area contributed by atoms with Gasteiger partial charge in [0.1, 0.15) is 11.4 Å². The summed E-state index contributed by atoms with van der Waals surface area (Å²) < 4.78 is 10.3. The summed E-state index contributed by atoms with van der Waals surface area (Å²) in [7, 11) is 0. The van der Waals surface area contributed by atoms with Gasteiger partial charge in [-0.25, -0.2) is 9.59 Å². The average Bonchev–Trinajstić information content (AvgIpc) is 3.74. The molecule has 10 heteroatoms. The smallest absolute Gasteiger partial charge is 0.356 e. The molecule has 4 aromatic rings. The van der Waals surface area contributed by atoms with Crippen LogP contribution < -0.4 is 9.80 Å². The fourth-order valence-electron chi connectivity index (χ4n) is 6.85. The third kappa shape index (κ3) is 7.69. The molecule has 2 amide bonds. The molecule has 0 saturated heterocycles. The van der Waals surface area contributed by atoms with E-state index in [9.17, 15) is 19.2 Å². The van der Waals surface area contributed by atoms with Gasteiger partial charge >= 0.3 is 11.9 Å². The van der Waals surface area contributed by atoms with E-state index in [0.717, 1.165) is 22.3 Å². The topological polar surface area (TPSA) is 125 Å². The molecule has 0 fully saturated rings. The van der Waals surface area contributed by atoms with Crippen molar-refractivity contribution in [2.45, 2.75) is 79.3 Å². The van der Waals surface area contributed by atoms with E-state index in [2.05, 4.69) is 37.7 Å². The summed E-state index contributed by atoms with van der Waals surface area (Å²) in [6, 6.07) is 19.6. The first-order valence-electron chi connectivity index (χ1n) is 17.5. The molecule has 2 aromatic heterocycles. The van der Waals surface area contributed by atoms with Crippen LogP contribution in [0.25, 0.3) is 0 Å². The minimum atomic E-state index is -0.418. The van der Waals surface area contributed by atoms with Gasteiger partial charge in [-0.05, 0) is 59.8 Å². The molecule has 4 heterocycles. The van der Waals surface area contributed by atoms with E-state index in [0.29, 0.717) is 73.7 Å². The van der Waals surface area contributed by atoms with Crippen LogP contribution >= 0.6 is 0 Å². The summed E-state index contributed by atoms with van der Waals surface area (Å²) in [5, 5.41) is 0. The quantitative estimate of drug-likeness (QED) is 0.165. The number of amides is 2. The zero-order chi connectivity index (χ0) is 35.9. The van der Waals surface area contributed by atoms with Crippen LogP contribution in [0.5, 0.6) is 0 Å². The van der Waals surface area contributed by atoms with E-state index < -0.39 is 11.9 Å². The Bertz CT molecular complexity index is 1660. The minimum Gasteiger partial charge on any atom is -0.461 e. The number of H-pyrrole nitrogens is 2. The molecule has 0 bridgehead atoms. The number of aromatic amines is 2. The second kappa shape index (κ2) is 16.1. The van der Waals surface area contributed by atoms with Crippen LogP contribution in [0.3, 0.4) is 0 Å². The molecule has 264 valence electrons. The number of hydrogen-bond donors (Lipinski definition) is 2. The number of benzene rings is 2. The second-order valence-corrected chi connectivity index (χ2v) is 13.4. The Balaban J connectivity index is 0.000000194. The fourth-order valence-corrected chi connectivity index (χ4v) is 6.85. The summed E-state index contributed by atoms with van der Waals surface area (Å²) in [5.41, 5.74) is 6.19. The molecule has 0 unspecified atom stereocenters. The second-order valence-electron chi connectivity index (χ2n) is 13.4. The number of nitrogens with one attached hydrogen (secondary N) is 2. The maximum absolute atomic E-state index is 12.9. The van der Waals surface area contributed by atoms with Crippen LogP contribution in [0, 0.1) is 11.8 Å². The van der Waals surface area contributed by atoms with Gasteiger partial charge in [0.2, 0.25) is 11.8 Å². The lowest BCUT2D eigenvalue weighted by atomic mass is 9.83. The Morgan fingerprint density at radius 3 is 1.34 bits per heavy atom. The van der Waals surface area contributed by atoms with E-state index >= 15 is 0 Å². The Hall–Kier alpha value is -5.12. The van der Waals surface area contributed by atoms with Crippen molar-refractivity contribution in [3.05, 3.63) is 107 Å². The molecule has 0 radical (unpaired) electrons. The number of nitrogens with zero attached hydrogens (tertiary/aromatic N) is 2. The number of carbonyl (C=O) groups is 4. The summed E-state index contributed by atoms with van der Waals surface area (Å²) in [5.74, 6) is 0.0844. The first-order chi connectivity index (χ1) is 24.0. The standard InChI is InChI=1S/2C20H24N2O3/c2*1-4-25-20(24)18-19-16(11-21-18)15(13(2)3)10-17(23)22(19)12-14-8-6-5-7-9-14/h2*5-9,11,13,15,21H,4,10,12H2,1-3H3/t2*15-/m10/s1. The highest BCUT2D eigenvalue weighted by Crippen LogP contribution is 2.44. The predicted molar refractivity (Wildman–Crippen MR) is 193 cm³/mol. The first-order valence-corrected chi connectivity index (χ1v) is 17.5. The number of ether oxygens (including phenoxy) is 2. The number of carbonyl (C=O) groups excluding carboxylic acids is 4. The highest BCUT2D eigenvalue weighted by molar-refractivity contribution is 6.05. The summed E-state index contributed by atoms with van der Waals surface area (Å²) >= 11 is 0. The lowest BCUT2D eigenvalue weighted by Gasteiger charge is -2.34. The lowest BCUT2D eigenvalue weighted by Crippen LogP contribution is -2.37. The van der Waals surface area contributed by atoms with Gasteiger partial charge in [-0.3, -0.25) is 9.59 Å². The van der Waals surface area contributed by atoms with Gasteiger partial charge < -0.3 is 29.2 Å². The van der Waals surface area contributed by atoms with Gasteiger partial charge in [0.05, 0.1) is 37.7 Å². The van der Waals surface area contributed by atoms with E-state index in [-0.39, 0.29) is 23.7 Å². The molecule has 2 N–H and O–H groups in total. The summed E-state index contributed by atoms with van der Waals surface area (Å²) in [4.78, 5) is 60.0. The van der Waals surface area contributed by atoms with Crippen molar-refractivity contribution < 1.29 is 28.7 Å². The van der Waals surface area contributed by atoms with Crippen LogP contribution in [0.2, 0.25) is 0 Å². The minimum absolute atomic E-state index is 0.0419. The molecular formula is C40H48N4O6. The Morgan fingerprint density at radius 2 is 1.02 bits per heavy atom. The number of hydrogen-bond acceptors (Lipinski definition) is 6. The predicted octanol–water partition coefficient (Wildman–Crippen LogP) is 7.74. The number of fused-ring (bicyclic) bond motifs is 2. The van der Waals surface area contributed by atoms with Gasteiger partial charge in [-0.15, -0.1) is 0 Å². The van der Waals surface area contributed by atoms with E-state index in [1.165, 1.54) is 0 Å². The number of esters is 2. The van der Waals surface area contributed by atoms with Crippen LogP contribution in [-0.2, 0) is 32.2 Å². The van der Waals surface area contributed by atoms with Gasteiger partial charge in [0, 0.05) is 25.2 Å². The first kappa shape index (κ1) is 36.2. The lowest BCUT2D eigenvalue weighted by molar-refractivity contribution is -0.120. The number of anilines is 2. The third-order valence-corrected chi connectivity index (χ3v) is 9.43. The van der Waals surface area contributed by atoms with Gasteiger partial charge in [-0.2, -0.15) is 0 Å². The maximum Gasteiger partial charge on any atom is 0.356 e. The summed E-state index contributed by atoms with van der Waals surface area (Å²) in [6.45, 7) is 13.5.